The molecule has 11 heteroatoms. The van der Waals surface area contributed by atoms with Crippen LogP contribution in [0.1, 0.15) is 30.1 Å². The number of hydrogen-bond acceptors (Lipinski definition) is 6. The first-order valence-corrected chi connectivity index (χ1v) is 9.21. The van der Waals surface area contributed by atoms with Crippen LogP contribution in [0.4, 0.5) is 19.0 Å². The molecule has 0 aromatic carbocycles. The molecule has 4 aromatic rings. The lowest BCUT2D eigenvalue weighted by Gasteiger charge is -2.33. The summed E-state index contributed by atoms with van der Waals surface area (Å²) in [4.78, 5) is 10.8. The van der Waals surface area contributed by atoms with Crippen LogP contribution in [0.3, 0.4) is 0 Å². The maximum atomic E-state index is 13.1. The summed E-state index contributed by atoms with van der Waals surface area (Å²) in [5.41, 5.74) is 0.424. The second kappa shape index (κ2) is 6.39. The van der Waals surface area contributed by atoms with E-state index in [0.717, 1.165) is 48.5 Å². The predicted octanol–water partition coefficient (Wildman–Crippen LogP) is 2.81. The molecule has 1 saturated heterocycles. The van der Waals surface area contributed by atoms with Crippen molar-refractivity contribution in [1.82, 2.24) is 34.3 Å². The minimum atomic E-state index is -4.42. The first kappa shape index (κ1) is 17.8. The topological polar surface area (TPSA) is 77.0 Å². The van der Waals surface area contributed by atoms with Gasteiger partial charge in [-0.2, -0.15) is 18.3 Å². The Labute approximate surface area is 163 Å². The fraction of sp³-hybridized carbons (Fsp3) is 0.389. The van der Waals surface area contributed by atoms with Gasteiger partial charge in [0.1, 0.15) is 18.0 Å². The van der Waals surface area contributed by atoms with E-state index >= 15 is 0 Å². The van der Waals surface area contributed by atoms with Crippen LogP contribution in [0, 0.1) is 0 Å². The van der Waals surface area contributed by atoms with Gasteiger partial charge in [0.05, 0.1) is 17.1 Å². The zero-order valence-electron chi connectivity index (χ0n) is 15.5. The maximum Gasteiger partial charge on any atom is 0.417 e. The molecule has 0 amide bonds. The Bertz CT molecular complexity index is 1190. The number of aromatic nitrogens is 7. The van der Waals surface area contributed by atoms with Gasteiger partial charge in [-0.05, 0) is 25.0 Å². The minimum absolute atomic E-state index is 0.0658. The van der Waals surface area contributed by atoms with E-state index in [9.17, 15) is 13.2 Å². The Hall–Kier alpha value is -3.24. The third-order valence-electron chi connectivity index (χ3n) is 5.35. The van der Waals surface area contributed by atoms with Crippen molar-refractivity contribution < 1.29 is 13.2 Å². The van der Waals surface area contributed by atoms with Crippen molar-refractivity contribution in [2.45, 2.75) is 24.9 Å². The Kier molecular flexibility index (Phi) is 3.93. The first-order valence-electron chi connectivity index (χ1n) is 9.21. The fourth-order valence-corrected chi connectivity index (χ4v) is 3.94. The average Bonchev–Trinajstić information content (AvgIpc) is 3.31. The summed E-state index contributed by atoms with van der Waals surface area (Å²) in [5, 5.41) is 13.4. The standard InChI is InChI=1S/C18H17F3N8/c1-27-16-13(7-24-27)17(23-10-22-16)28-6-2-3-11(8-28)15-26-25-14-5-4-12(9-29(14)15)18(19,20)21/h4-5,7,9-11H,2-3,6,8H2,1H3. The number of aryl methyl sites for hydroxylation is 1. The number of nitrogens with zero attached hydrogens (tertiary/aromatic N) is 8. The molecule has 5 heterocycles. The van der Waals surface area contributed by atoms with E-state index in [1.807, 2.05) is 7.05 Å². The van der Waals surface area contributed by atoms with E-state index in [2.05, 4.69) is 30.2 Å². The summed E-state index contributed by atoms with van der Waals surface area (Å²) >= 11 is 0. The van der Waals surface area contributed by atoms with Gasteiger partial charge in [-0.1, -0.05) is 0 Å². The third-order valence-corrected chi connectivity index (χ3v) is 5.35. The molecule has 29 heavy (non-hydrogen) atoms. The molecule has 0 spiro atoms. The van der Waals surface area contributed by atoms with Gasteiger partial charge in [-0.15, -0.1) is 10.2 Å². The second-order valence-electron chi connectivity index (χ2n) is 7.19. The van der Waals surface area contributed by atoms with Gasteiger partial charge in [-0.25, -0.2) is 9.97 Å². The van der Waals surface area contributed by atoms with Crippen molar-refractivity contribution in [1.29, 1.82) is 0 Å². The highest BCUT2D eigenvalue weighted by atomic mass is 19.4. The van der Waals surface area contributed by atoms with Crippen LogP contribution in [0.25, 0.3) is 16.7 Å². The first-order chi connectivity index (χ1) is 13.9. The Morgan fingerprint density at radius 3 is 2.83 bits per heavy atom. The van der Waals surface area contributed by atoms with Crippen molar-refractivity contribution in [2.24, 2.45) is 7.05 Å². The van der Waals surface area contributed by atoms with Crippen molar-refractivity contribution >= 4 is 22.5 Å². The number of pyridine rings is 1. The summed E-state index contributed by atoms with van der Waals surface area (Å²) in [7, 11) is 1.82. The molecular formula is C18H17F3N8. The van der Waals surface area contributed by atoms with Gasteiger partial charge in [0.25, 0.3) is 0 Å². The predicted molar refractivity (Wildman–Crippen MR) is 98.5 cm³/mol. The van der Waals surface area contributed by atoms with E-state index in [0.29, 0.717) is 18.0 Å². The van der Waals surface area contributed by atoms with Crippen LogP contribution in [0.15, 0.2) is 30.9 Å². The van der Waals surface area contributed by atoms with Crippen molar-refractivity contribution in [3.63, 3.8) is 0 Å². The van der Waals surface area contributed by atoms with Crippen molar-refractivity contribution in [3.8, 4) is 0 Å². The van der Waals surface area contributed by atoms with E-state index < -0.39 is 11.7 Å². The molecule has 150 valence electrons. The molecule has 1 unspecified atom stereocenters. The molecule has 1 aliphatic rings. The summed E-state index contributed by atoms with van der Waals surface area (Å²) in [6.45, 7) is 1.38. The molecule has 8 nitrogen and oxygen atoms in total. The zero-order valence-corrected chi connectivity index (χ0v) is 15.5. The highest BCUT2D eigenvalue weighted by Crippen LogP contribution is 2.33. The SMILES string of the molecule is Cn1ncc2c(N3CCCC(c4nnc5ccc(C(F)(F)F)cn45)C3)ncnc21. The van der Waals surface area contributed by atoms with E-state index in [1.165, 1.54) is 16.8 Å². The molecule has 1 fully saturated rings. The van der Waals surface area contributed by atoms with Crippen LogP contribution >= 0.6 is 0 Å². The largest absolute Gasteiger partial charge is 0.417 e. The highest BCUT2D eigenvalue weighted by molar-refractivity contribution is 5.86. The fourth-order valence-electron chi connectivity index (χ4n) is 3.94. The highest BCUT2D eigenvalue weighted by Gasteiger charge is 2.32. The Balaban J connectivity index is 1.51. The smallest absolute Gasteiger partial charge is 0.355 e. The molecule has 0 bridgehead atoms. The molecule has 4 aromatic heterocycles. The molecule has 0 saturated carbocycles. The number of piperidine rings is 1. The summed E-state index contributed by atoms with van der Waals surface area (Å²) < 4.78 is 42.6. The summed E-state index contributed by atoms with van der Waals surface area (Å²) in [6, 6.07) is 2.38. The summed E-state index contributed by atoms with van der Waals surface area (Å²) in [5.74, 6) is 1.24. The maximum absolute atomic E-state index is 13.1. The second-order valence-corrected chi connectivity index (χ2v) is 7.19. The number of fused-ring (bicyclic) bond motifs is 2. The number of alkyl halides is 3. The Morgan fingerprint density at radius 1 is 1.14 bits per heavy atom. The van der Waals surface area contributed by atoms with E-state index in [4.69, 9.17) is 0 Å². The molecule has 5 rings (SSSR count). The number of hydrogen-bond donors (Lipinski definition) is 0. The zero-order chi connectivity index (χ0) is 20.2. The lowest BCUT2D eigenvalue weighted by Crippen LogP contribution is -2.35. The number of halogens is 3. The van der Waals surface area contributed by atoms with Crippen LogP contribution in [-0.2, 0) is 13.2 Å². The lowest BCUT2D eigenvalue weighted by molar-refractivity contribution is -0.137. The third kappa shape index (κ3) is 2.97. The van der Waals surface area contributed by atoms with Crippen molar-refractivity contribution in [3.05, 3.63) is 42.2 Å². The molecular weight excluding hydrogens is 385 g/mol. The Morgan fingerprint density at radius 2 is 2.00 bits per heavy atom. The van der Waals surface area contributed by atoms with Gasteiger partial charge >= 0.3 is 6.18 Å². The van der Waals surface area contributed by atoms with Gasteiger partial charge in [-0.3, -0.25) is 9.08 Å². The normalized spacial score (nSPS) is 18.1. The lowest BCUT2D eigenvalue weighted by atomic mass is 9.97. The van der Waals surface area contributed by atoms with Crippen LogP contribution in [-0.4, -0.2) is 47.4 Å². The summed E-state index contributed by atoms with van der Waals surface area (Å²) in [6.07, 6.45) is 1.58. The average molecular weight is 402 g/mol. The van der Waals surface area contributed by atoms with E-state index in [1.54, 1.807) is 10.9 Å². The molecule has 0 radical (unpaired) electrons. The molecule has 0 N–H and O–H groups in total. The minimum Gasteiger partial charge on any atom is -0.355 e. The quantitative estimate of drug-likeness (QED) is 0.513. The van der Waals surface area contributed by atoms with E-state index in [-0.39, 0.29) is 5.92 Å². The van der Waals surface area contributed by atoms with Gasteiger partial charge in [0.2, 0.25) is 0 Å². The van der Waals surface area contributed by atoms with Crippen LogP contribution < -0.4 is 4.90 Å². The number of rotatable bonds is 2. The van der Waals surface area contributed by atoms with Gasteiger partial charge in [0.15, 0.2) is 11.3 Å². The van der Waals surface area contributed by atoms with Gasteiger partial charge in [0, 0.05) is 32.3 Å². The number of anilines is 1. The monoisotopic (exact) mass is 402 g/mol. The van der Waals surface area contributed by atoms with Crippen molar-refractivity contribution in [2.75, 3.05) is 18.0 Å². The molecule has 0 aliphatic carbocycles. The molecule has 1 aliphatic heterocycles. The van der Waals surface area contributed by atoms with Crippen LogP contribution in [0.5, 0.6) is 0 Å². The molecule has 1 atom stereocenters. The van der Waals surface area contributed by atoms with Gasteiger partial charge < -0.3 is 4.90 Å². The van der Waals surface area contributed by atoms with Crippen LogP contribution in [0.2, 0.25) is 0 Å².